The van der Waals surface area contributed by atoms with E-state index < -0.39 is 0 Å². The van der Waals surface area contributed by atoms with Crippen LogP contribution in [0.25, 0.3) is 0 Å². The van der Waals surface area contributed by atoms with Gasteiger partial charge in [0.05, 0.1) is 5.56 Å². The first-order valence-corrected chi connectivity index (χ1v) is 9.24. The molecule has 0 aliphatic rings. The molecule has 0 fully saturated rings. The van der Waals surface area contributed by atoms with Gasteiger partial charge in [-0.2, -0.15) is 0 Å². The van der Waals surface area contributed by atoms with Gasteiger partial charge in [-0.15, -0.1) is 0 Å². The van der Waals surface area contributed by atoms with Crippen LogP contribution >= 0.6 is 0 Å². The van der Waals surface area contributed by atoms with Gasteiger partial charge < -0.3 is 0 Å². The molecule has 0 saturated heterocycles. The predicted molar refractivity (Wildman–Crippen MR) is 110 cm³/mol. The van der Waals surface area contributed by atoms with Crippen LogP contribution in [-0.2, 0) is 6.42 Å². The van der Waals surface area contributed by atoms with Crippen LogP contribution < -0.4 is 0 Å². The van der Waals surface area contributed by atoms with Crippen molar-refractivity contribution in [3.63, 3.8) is 0 Å². The summed E-state index contributed by atoms with van der Waals surface area (Å²) < 4.78 is 27.7. The first-order valence-electron chi connectivity index (χ1n) is 9.24. The summed E-state index contributed by atoms with van der Waals surface area (Å²) >= 11 is 0. The van der Waals surface area contributed by atoms with Crippen molar-refractivity contribution in [1.82, 2.24) is 0 Å². The minimum atomic E-state index is -0.286. The van der Waals surface area contributed by atoms with Crippen LogP contribution in [0.3, 0.4) is 0 Å². The van der Waals surface area contributed by atoms with Crippen LogP contribution in [-0.4, -0.2) is 0 Å². The topological polar surface area (TPSA) is 0 Å². The fourth-order valence-electron chi connectivity index (χ4n) is 2.70. The molecule has 0 bridgehead atoms. The average molecular weight is 370 g/mol. The highest BCUT2D eigenvalue weighted by atomic mass is 19.1. The van der Waals surface area contributed by atoms with Gasteiger partial charge in [0, 0.05) is 16.7 Å². The Morgan fingerprint density at radius 1 is 0.679 bits per heavy atom. The zero-order chi connectivity index (χ0) is 19.9. The molecule has 0 aliphatic carbocycles. The molecule has 3 aromatic rings. The molecule has 0 spiro atoms. The molecule has 0 aliphatic heterocycles. The summed E-state index contributed by atoms with van der Waals surface area (Å²) in [6.07, 6.45) is 1.85. The first kappa shape index (κ1) is 19.4. The van der Waals surface area contributed by atoms with Gasteiger partial charge in [0.15, 0.2) is 0 Å². The number of aryl methyl sites for hydroxylation is 2. The largest absolute Gasteiger partial charge is 0.207 e. The van der Waals surface area contributed by atoms with Crippen molar-refractivity contribution in [2.24, 2.45) is 0 Å². The van der Waals surface area contributed by atoms with E-state index in [1.807, 2.05) is 30.3 Å². The SMILES string of the molecule is CCCc1ccc(C#Cc2ccc(C#Cc3ccc(C)c(F)c3)cc2)c(F)c1. The predicted octanol–water partition coefficient (Wildman–Crippen LogP) is 6.03. The highest BCUT2D eigenvalue weighted by Gasteiger charge is 2.01. The lowest BCUT2D eigenvalue weighted by molar-refractivity contribution is 0.618. The second kappa shape index (κ2) is 9.03. The van der Waals surface area contributed by atoms with Crippen molar-refractivity contribution < 1.29 is 8.78 Å². The fraction of sp³-hybridized carbons (Fsp3) is 0.154. The molecular weight excluding hydrogens is 350 g/mol. The Labute approximate surface area is 165 Å². The normalized spacial score (nSPS) is 9.86. The van der Waals surface area contributed by atoms with Gasteiger partial charge in [-0.25, -0.2) is 8.78 Å². The minimum absolute atomic E-state index is 0.257. The monoisotopic (exact) mass is 370 g/mol. The Morgan fingerprint density at radius 2 is 1.29 bits per heavy atom. The molecule has 0 aromatic heterocycles. The first-order chi connectivity index (χ1) is 13.5. The molecule has 0 radical (unpaired) electrons. The van der Waals surface area contributed by atoms with Crippen LogP contribution in [0.2, 0.25) is 0 Å². The molecule has 2 heteroatoms. The highest BCUT2D eigenvalue weighted by Crippen LogP contribution is 2.12. The molecule has 0 unspecified atom stereocenters. The summed E-state index contributed by atoms with van der Waals surface area (Å²) in [4.78, 5) is 0. The smallest absolute Gasteiger partial charge is 0.139 e. The number of hydrogen-bond acceptors (Lipinski definition) is 0. The molecule has 28 heavy (non-hydrogen) atoms. The molecule has 3 rings (SSSR count). The molecule has 0 nitrogen and oxygen atoms in total. The maximum Gasteiger partial charge on any atom is 0.139 e. The van der Waals surface area contributed by atoms with Crippen LogP contribution in [0.4, 0.5) is 8.78 Å². The maximum absolute atomic E-state index is 14.1. The zero-order valence-corrected chi connectivity index (χ0v) is 15.9. The van der Waals surface area contributed by atoms with E-state index in [9.17, 15) is 8.78 Å². The fourth-order valence-corrected chi connectivity index (χ4v) is 2.70. The van der Waals surface area contributed by atoms with Gasteiger partial charge in [-0.1, -0.05) is 49.2 Å². The van der Waals surface area contributed by atoms with Crippen molar-refractivity contribution in [1.29, 1.82) is 0 Å². The number of halogens is 2. The lowest BCUT2D eigenvalue weighted by Crippen LogP contribution is -1.89. The second-order valence-corrected chi connectivity index (χ2v) is 6.61. The Hall–Kier alpha value is -3.36. The van der Waals surface area contributed by atoms with Crippen molar-refractivity contribution in [2.75, 3.05) is 0 Å². The molecule has 138 valence electrons. The summed E-state index contributed by atoms with van der Waals surface area (Å²) in [6.45, 7) is 3.79. The summed E-state index contributed by atoms with van der Waals surface area (Å²) in [5.41, 5.74) is 4.21. The third-order valence-electron chi connectivity index (χ3n) is 4.32. The highest BCUT2D eigenvalue weighted by molar-refractivity contribution is 5.48. The van der Waals surface area contributed by atoms with Crippen molar-refractivity contribution in [2.45, 2.75) is 26.7 Å². The van der Waals surface area contributed by atoms with Gasteiger partial charge in [0.2, 0.25) is 0 Å². The summed E-state index contributed by atoms with van der Waals surface area (Å²) in [6, 6.07) is 17.5. The van der Waals surface area contributed by atoms with Crippen molar-refractivity contribution >= 4 is 0 Å². The quantitative estimate of drug-likeness (QED) is 0.484. The Morgan fingerprint density at radius 3 is 1.89 bits per heavy atom. The number of benzene rings is 3. The van der Waals surface area contributed by atoms with Crippen LogP contribution in [0.1, 0.15) is 46.7 Å². The van der Waals surface area contributed by atoms with Gasteiger partial charge in [0.25, 0.3) is 0 Å². The number of rotatable bonds is 2. The van der Waals surface area contributed by atoms with Gasteiger partial charge in [0.1, 0.15) is 11.6 Å². The van der Waals surface area contributed by atoms with E-state index >= 15 is 0 Å². The van der Waals surface area contributed by atoms with E-state index in [4.69, 9.17) is 0 Å². The lowest BCUT2D eigenvalue weighted by atomic mass is 10.1. The summed E-state index contributed by atoms with van der Waals surface area (Å²) in [5, 5.41) is 0. The summed E-state index contributed by atoms with van der Waals surface area (Å²) in [7, 11) is 0. The minimum Gasteiger partial charge on any atom is -0.207 e. The Bertz CT molecular complexity index is 1100. The lowest BCUT2D eigenvalue weighted by Gasteiger charge is -2.00. The van der Waals surface area contributed by atoms with E-state index in [0.29, 0.717) is 16.7 Å². The van der Waals surface area contributed by atoms with Gasteiger partial charge >= 0.3 is 0 Å². The molecular formula is C26H20F2. The van der Waals surface area contributed by atoms with Crippen molar-refractivity contribution in [3.8, 4) is 23.7 Å². The molecule has 0 amide bonds. The Balaban J connectivity index is 1.73. The molecule has 0 saturated carbocycles. The number of hydrogen-bond donors (Lipinski definition) is 0. The molecule has 0 N–H and O–H groups in total. The van der Waals surface area contributed by atoms with Crippen LogP contribution in [0.15, 0.2) is 60.7 Å². The van der Waals surface area contributed by atoms with E-state index in [2.05, 4.69) is 30.6 Å². The van der Waals surface area contributed by atoms with Crippen LogP contribution in [0, 0.1) is 42.2 Å². The maximum atomic E-state index is 14.1. The third-order valence-corrected chi connectivity index (χ3v) is 4.32. The van der Waals surface area contributed by atoms with Gasteiger partial charge in [-0.3, -0.25) is 0 Å². The van der Waals surface area contributed by atoms with Gasteiger partial charge in [-0.05, 0) is 73.0 Å². The van der Waals surface area contributed by atoms with Crippen LogP contribution in [0.5, 0.6) is 0 Å². The third kappa shape index (κ3) is 5.09. The Kier molecular flexibility index (Phi) is 6.25. The van der Waals surface area contributed by atoms with E-state index in [-0.39, 0.29) is 11.6 Å². The zero-order valence-electron chi connectivity index (χ0n) is 15.9. The molecule has 3 aromatic carbocycles. The van der Waals surface area contributed by atoms with Crippen molar-refractivity contribution in [3.05, 3.63) is 106 Å². The van der Waals surface area contributed by atoms with E-state index in [1.165, 1.54) is 6.07 Å². The molecule has 0 heterocycles. The molecule has 0 atom stereocenters. The second-order valence-electron chi connectivity index (χ2n) is 6.61. The average Bonchev–Trinajstić information content (AvgIpc) is 2.69. The summed E-state index contributed by atoms with van der Waals surface area (Å²) in [5.74, 6) is 11.3. The van der Waals surface area contributed by atoms with E-state index in [1.54, 1.807) is 31.2 Å². The standard InChI is InChI=1S/C26H20F2/c1-3-4-22-14-16-24(26(28)18-22)15-13-21-9-7-20(8-10-21)11-12-23-6-5-19(2)25(27)17-23/h5-10,14,16-18H,3-4H2,1-2H3. The van der Waals surface area contributed by atoms with E-state index in [0.717, 1.165) is 29.5 Å².